The Labute approximate surface area is 187 Å². The molecule has 0 bridgehead atoms. The molecule has 31 heavy (non-hydrogen) atoms. The van der Waals surface area contributed by atoms with Crippen molar-refractivity contribution in [2.75, 3.05) is 13.6 Å². The lowest BCUT2D eigenvalue weighted by atomic mass is 10.00. The van der Waals surface area contributed by atoms with Gasteiger partial charge in [0.25, 0.3) is 5.91 Å². The van der Waals surface area contributed by atoms with Crippen LogP contribution < -0.4 is 15.6 Å². The number of nitrogens with zero attached hydrogens (tertiary/aromatic N) is 2. The summed E-state index contributed by atoms with van der Waals surface area (Å²) in [7, 11) is 1.86. The van der Waals surface area contributed by atoms with E-state index < -0.39 is 0 Å². The van der Waals surface area contributed by atoms with E-state index >= 15 is 0 Å². The number of benzene rings is 2. The predicted octanol–water partition coefficient (Wildman–Crippen LogP) is 4.18. The number of aromatic nitrogens is 1. The summed E-state index contributed by atoms with van der Waals surface area (Å²) in [4.78, 5) is 18.8. The van der Waals surface area contributed by atoms with Gasteiger partial charge in [0.1, 0.15) is 12.4 Å². The van der Waals surface area contributed by atoms with Crippen LogP contribution in [-0.2, 0) is 6.61 Å². The summed E-state index contributed by atoms with van der Waals surface area (Å²) < 4.78 is 5.77. The Kier molecular flexibility index (Phi) is 7.30. The average Bonchev–Trinajstić information content (AvgIpc) is 3.50. The van der Waals surface area contributed by atoms with Crippen molar-refractivity contribution in [1.29, 1.82) is 0 Å². The lowest BCUT2D eigenvalue weighted by Crippen LogP contribution is -2.32. The highest BCUT2D eigenvalue weighted by molar-refractivity contribution is 7.07. The number of carbonyl (C=O) groups is 1. The molecule has 2 atom stereocenters. The van der Waals surface area contributed by atoms with E-state index in [1.807, 2.05) is 36.7 Å². The molecule has 2 aromatic carbocycles. The van der Waals surface area contributed by atoms with E-state index in [4.69, 9.17) is 4.74 Å². The highest BCUT2D eigenvalue weighted by atomic mass is 32.1. The number of hydrogen-bond donors (Lipinski definition) is 2. The molecule has 1 aromatic heterocycles. The first-order chi connectivity index (χ1) is 15.2. The number of hydrazine groups is 1. The Morgan fingerprint density at radius 1 is 1.19 bits per heavy atom. The Balaban J connectivity index is 1.22. The molecule has 1 fully saturated rings. The minimum Gasteiger partial charge on any atom is -0.487 e. The second kappa shape index (κ2) is 10.5. The van der Waals surface area contributed by atoms with Gasteiger partial charge in [0, 0.05) is 36.6 Å². The van der Waals surface area contributed by atoms with E-state index in [1.165, 1.54) is 5.56 Å². The quantitative estimate of drug-likeness (QED) is 0.527. The minimum atomic E-state index is 0.0128. The minimum absolute atomic E-state index is 0.0128. The normalized spacial score (nSPS) is 18.1. The average molecular weight is 437 g/mol. The largest absolute Gasteiger partial charge is 0.487 e. The first kappa shape index (κ1) is 21.5. The Bertz CT molecular complexity index is 965. The van der Waals surface area contributed by atoms with Crippen molar-refractivity contribution in [2.24, 2.45) is 0 Å². The number of ether oxygens (including phenoxy) is 1. The number of rotatable bonds is 9. The molecule has 0 saturated carbocycles. The van der Waals surface area contributed by atoms with E-state index in [-0.39, 0.29) is 5.91 Å². The van der Waals surface area contributed by atoms with Gasteiger partial charge in [0.05, 0.1) is 11.2 Å². The Morgan fingerprint density at radius 2 is 2.06 bits per heavy atom. The van der Waals surface area contributed by atoms with Gasteiger partial charge in [-0.2, -0.15) is 0 Å². The van der Waals surface area contributed by atoms with Crippen molar-refractivity contribution in [3.8, 4) is 5.75 Å². The van der Waals surface area contributed by atoms with Crippen LogP contribution in [0.15, 0.2) is 65.5 Å². The van der Waals surface area contributed by atoms with Crippen LogP contribution in [0.2, 0.25) is 0 Å². The molecule has 1 saturated heterocycles. The molecule has 0 spiro atoms. The van der Waals surface area contributed by atoms with Crippen molar-refractivity contribution >= 4 is 17.2 Å². The van der Waals surface area contributed by atoms with Gasteiger partial charge in [-0.15, -0.1) is 11.3 Å². The second-order valence-electron chi connectivity index (χ2n) is 7.85. The lowest BCUT2D eigenvalue weighted by molar-refractivity contribution is 0.0791. The molecule has 2 N–H and O–H groups in total. The molecule has 4 rings (SSSR count). The van der Waals surface area contributed by atoms with Crippen molar-refractivity contribution in [3.63, 3.8) is 0 Å². The molecule has 0 aliphatic carbocycles. The number of hydrogen-bond acceptors (Lipinski definition) is 6. The van der Waals surface area contributed by atoms with Crippen LogP contribution in [0.1, 0.15) is 46.9 Å². The molecule has 0 radical (unpaired) electrons. The van der Waals surface area contributed by atoms with Gasteiger partial charge in [-0.1, -0.05) is 36.4 Å². The first-order valence-corrected chi connectivity index (χ1v) is 11.5. The zero-order chi connectivity index (χ0) is 21.5. The van der Waals surface area contributed by atoms with E-state index in [0.29, 0.717) is 30.0 Å². The molecule has 3 aromatic rings. The molecule has 6 nitrogen and oxygen atoms in total. The maximum absolute atomic E-state index is 12.8. The van der Waals surface area contributed by atoms with Crippen molar-refractivity contribution in [3.05, 3.63) is 82.3 Å². The summed E-state index contributed by atoms with van der Waals surface area (Å²) in [6, 6.07) is 18.6. The van der Waals surface area contributed by atoms with Gasteiger partial charge < -0.3 is 9.64 Å². The molecule has 1 amide bonds. The van der Waals surface area contributed by atoms with E-state index in [2.05, 4.69) is 40.1 Å². The molecular formula is C24H28N4O2S. The maximum atomic E-state index is 12.8. The standard InChI is InChI=1S/C24H28N4O2S/c1-28(12-6-10-20-14-23(27-26-20)18-7-3-2-4-8-18)24(29)19-9-5-11-22(13-19)30-15-21-16-31-17-25-21/h2-5,7-9,11,13,16-17,20,23,26-27H,6,10,12,14-15H2,1H3. The third-order valence-corrected chi connectivity index (χ3v) is 6.16. The monoisotopic (exact) mass is 436 g/mol. The molecule has 7 heteroatoms. The second-order valence-corrected chi connectivity index (χ2v) is 8.57. The van der Waals surface area contributed by atoms with E-state index in [0.717, 1.165) is 31.5 Å². The molecule has 2 unspecified atom stereocenters. The van der Waals surface area contributed by atoms with E-state index in [1.54, 1.807) is 27.8 Å². The van der Waals surface area contributed by atoms with Crippen LogP contribution >= 0.6 is 11.3 Å². The lowest BCUT2D eigenvalue weighted by Gasteiger charge is -2.19. The highest BCUT2D eigenvalue weighted by Gasteiger charge is 2.24. The van der Waals surface area contributed by atoms with Crippen LogP contribution in [-0.4, -0.2) is 35.4 Å². The molecule has 162 valence electrons. The van der Waals surface area contributed by atoms with E-state index in [9.17, 15) is 4.79 Å². The predicted molar refractivity (Wildman–Crippen MR) is 123 cm³/mol. The van der Waals surface area contributed by atoms with Crippen molar-refractivity contribution in [1.82, 2.24) is 20.7 Å². The number of carbonyl (C=O) groups excluding carboxylic acids is 1. The fraction of sp³-hybridized carbons (Fsp3) is 0.333. The summed E-state index contributed by atoms with van der Waals surface area (Å²) in [5.74, 6) is 0.694. The number of thiazole rings is 1. The smallest absolute Gasteiger partial charge is 0.253 e. The van der Waals surface area contributed by atoms with Crippen molar-refractivity contribution < 1.29 is 9.53 Å². The topological polar surface area (TPSA) is 66.5 Å². The SMILES string of the molecule is CN(CCCC1CC(c2ccccc2)NN1)C(=O)c1cccc(OCc2cscn2)c1. The fourth-order valence-corrected chi connectivity index (χ4v) is 4.34. The third-order valence-electron chi connectivity index (χ3n) is 5.53. The van der Waals surface area contributed by atoms with Gasteiger partial charge >= 0.3 is 0 Å². The number of amides is 1. The molecule has 1 aliphatic rings. The molecule has 1 aliphatic heterocycles. The van der Waals surface area contributed by atoms with Gasteiger partial charge in [-0.3, -0.25) is 15.6 Å². The maximum Gasteiger partial charge on any atom is 0.253 e. The van der Waals surface area contributed by atoms with Crippen molar-refractivity contribution in [2.45, 2.75) is 38.0 Å². The molecular weight excluding hydrogens is 408 g/mol. The van der Waals surface area contributed by atoms with Gasteiger partial charge in [-0.25, -0.2) is 4.98 Å². The van der Waals surface area contributed by atoms with Crippen LogP contribution in [0.5, 0.6) is 5.75 Å². The molecule has 2 heterocycles. The van der Waals surface area contributed by atoms with Gasteiger partial charge in [0.15, 0.2) is 0 Å². The first-order valence-electron chi connectivity index (χ1n) is 10.6. The fourth-order valence-electron chi connectivity index (χ4n) is 3.80. The zero-order valence-electron chi connectivity index (χ0n) is 17.7. The summed E-state index contributed by atoms with van der Waals surface area (Å²) in [6.07, 6.45) is 3.02. The van der Waals surface area contributed by atoms with Crippen LogP contribution in [0.3, 0.4) is 0 Å². The highest BCUT2D eigenvalue weighted by Crippen LogP contribution is 2.24. The third kappa shape index (κ3) is 5.91. The Hall–Kier alpha value is -2.74. The summed E-state index contributed by atoms with van der Waals surface area (Å²) in [6.45, 7) is 1.13. The van der Waals surface area contributed by atoms with Gasteiger partial charge in [-0.05, 0) is 43.0 Å². The number of nitrogens with one attached hydrogen (secondary N) is 2. The van der Waals surface area contributed by atoms with Crippen LogP contribution in [0, 0.1) is 0 Å². The zero-order valence-corrected chi connectivity index (χ0v) is 18.5. The Morgan fingerprint density at radius 3 is 2.87 bits per heavy atom. The summed E-state index contributed by atoms with van der Waals surface area (Å²) in [5.41, 5.74) is 11.4. The van der Waals surface area contributed by atoms with Crippen LogP contribution in [0.25, 0.3) is 0 Å². The summed E-state index contributed by atoms with van der Waals surface area (Å²) in [5, 5.41) is 1.96. The van der Waals surface area contributed by atoms with Gasteiger partial charge in [0.2, 0.25) is 0 Å². The van der Waals surface area contributed by atoms with Crippen LogP contribution in [0.4, 0.5) is 0 Å². The summed E-state index contributed by atoms with van der Waals surface area (Å²) >= 11 is 1.54.